The average Bonchev–Trinajstić information content (AvgIpc) is 2.68. The third-order valence-corrected chi connectivity index (χ3v) is 3.21. The van der Waals surface area contributed by atoms with Gasteiger partial charge in [0, 0.05) is 0 Å². The lowest BCUT2D eigenvalue weighted by molar-refractivity contribution is -0.145. The van der Waals surface area contributed by atoms with Gasteiger partial charge in [0.25, 0.3) is 5.82 Å². The Bertz CT molecular complexity index is 629. The van der Waals surface area contributed by atoms with Crippen molar-refractivity contribution in [1.29, 1.82) is 0 Å². The number of rotatable bonds is 2. The van der Waals surface area contributed by atoms with Gasteiger partial charge in [-0.1, -0.05) is 23.2 Å². The molecular weight excluding hydrogens is 316 g/mol. The molecule has 0 amide bonds. The van der Waals surface area contributed by atoms with Crippen molar-refractivity contribution in [3.05, 3.63) is 39.4 Å². The standard InChI is InChI=1S/C11H9Cl2F3N4/c1-5-18-10(11(14,15)16)19-20(5)4-6-2-7(12)9(17)8(13)3-6/h2-3H,4,17H2,1H3. The molecule has 2 aromatic rings. The number of anilines is 1. The largest absolute Gasteiger partial charge is 0.453 e. The predicted octanol–water partition coefficient (Wildman–Crippen LogP) is 3.54. The van der Waals surface area contributed by atoms with Crippen LogP contribution in [0, 0.1) is 6.92 Å². The third-order valence-electron chi connectivity index (χ3n) is 2.58. The lowest BCUT2D eigenvalue weighted by Crippen LogP contribution is -2.09. The number of benzene rings is 1. The van der Waals surface area contributed by atoms with Crippen LogP contribution in [0.1, 0.15) is 17.2 Å². The Labute approximate surface area is 122 Å². The highest BCUT2D eigenvalue weighted by Crippen LogP contribution is 2.30. The van der Waals surface area contributed by atoms with Crippen LogP contribution in [0.15, 0.2) is 12.1 Å². The first-order valence-corrected chi connectivity index (χ1v) is 6.16. The van der Waals surface area contributed by atoms with Gasteiger partial charge in [-0.05, 0) is 24.6 Å². The molecule has 2 N–H and O–H groups in total. The summed E-state index contributed by atoms with van der Waals surface area (Å²) in [5.74, 6) is -1.04. The van der Waals surface area contributed by atoms with Gasteiger partial charge >= 0.3 is 6.18 Å². The number of alkyl halides is 3. The van der Waals surface area contributed by atoms with E-state index in [0.29, 0.717) is 5.56 Å². The summed E-state index contributed by atoms with van der Waals surface area (Å²) in [6.07, 6.45) is -4.58. The van der Waals surface area contributed by atoms with Crippen molar-refractivity contribution in [3.63, 3.8) is 0 Å². The van der Waals surface area contributed by atoms with Gasteiger partial charge in [-0.25, -0.2) is 9.67 Å². The maximum atomic E-state index is 12.5. The van der Waals surface area contributed by atoms with E-state index in [1.165, 1.54) is 19.1 Å². The van der Waals surface area contributed by atoms with Crippen LogP contribution in [-0.2, 0) is 12.7 Å². The molecule has 9 heteroatoms. The van der Waals surface area contributed by atoms with Crippen molar-refractivity contribution in [2.24, 2.45) is 0 Å². The lowest BCUT2D eigenvalue weighted by atomic mass is 10.2. The van der Waals surface area contributed by atoms with Crippen molar-refractivity contribution in [3.8, 4) is 0 Å². The summed E-state index contributed by atoms with van der Waals surface area (Å²) in [6, 6.07) is 3.05. The molecule has 0 radical (unpaired) electrons. The van der Waals surface area contributed by atoms with Crippen LogP contribution in [0.25, 0.3) is 0 Å². The number of hydrogen-bond donors (Lipinski definition) is 1. The van der Waals surface area contributed by atoms with E-state index in [-0.39, 0.29) is 28.1 Å². The molecule has 0 unspecified atom stereocenters. The molecule has 4 nitrogen and oxygen atoms in total. The monoisotopic (exact) mass is 324 g/mol. The number of nitrogens with two attached hydrogens (primary N) is 1. The molecule has 0 aliphatic carbocycles. The van der Waals surface area contributed by atoms with Crippen molar-refractivity contribution in [1.82, 2.24) is 14.8 Å². The van der Waals surface area contributed by atoms with E-state index in [9.17, 15) is 13.2 Å². The lowest BCUT2D eigenvalue weighted by Gasteiger charge is -2.07. The molecule has 0 aliphatic rings. The zero-order chi connectivity index (χ0) is 15.1. The molecule has 0 atom stereocenters. The molecule has 0 bridgehead atoms. The summed E-state index contributed by atoms with van der Waals surface area (Å²) < 4.78 is 38.6. The minimum atomic E-state index is -4.58. The van der Waals surface area contributed by atoms with Gasteiger partial charge in [-0.2, -0.15) is 13.2 Å². The first-order valence-electron chi connectivity index (χ1n) is 5.40. The number of nitrogen functional groups attached to an aromatic ring is 1. The second-order valence-electron chi connectivity index (χ2n) is 4.11. The van der Waals surface area contributed by atoms with Crippen molar-refractivity contribution in [2.75, 3.05) is 5.73 Å². The molecule has 0 fully saturated rings. The summed E-state index contributed by atoms with van der Waals surface area (Å²) in [5, 5.41) is 3.90. The van der Waals surface area contributed by atoms with Crippen LogP contribution in [0.3, 0.4) is 0 Å². The van der Waals surface area contributed by atoms with E-state index in [0.717, 1.165) is 4.68 Å². The first-order chi connectivity index (χ1) is 9.18. The molecule has 2 rings (SSSR count). The predicted molar refractivity (Wildman–Crippen MR) is 69.7 cm³/mol. The molecular formula is C11H9Cl2F3N4. The second kappa shape index (κ2) is 5.14. The quantitative estimate of drug-likeness (QED) is 0.859. The molecule has 0 saturated carbocycles. The number of hydrogen-bond acceptors (Lipinski definition) is 3. The van der Waals surface area contributed by atoms with Crippen LogP contribution in [0.4, 0.5) is 18.9 Å². The van der Waals surface area contributed by atoms with Gasteiger partial charge in [0.2, 0.25) is 0 Å². The molecule has 20 heavy (non-hydrogen) atoms. The fourth-order valence-electron chi connectivity index (χ4n) is 1.59. The van der Waals surface area contributed by atoms with E-state index < -0.39 is 12.0 Å². The molecule has 108 valence electrons. The van der Waals surface area contributed by atoms with Crippen LogP contribution < -0.4 is 5.73 Å². The summed E-state index contributed by atoms with van der Waals surface area (Å²) in [5.41, 5.74) is 6.39. The van der Waals surface area contributed by atoms with Gasteiger partial charge < -0.3 is 5.73 Å². The topological polar surface area (TPSA) is 56.7 Å². The van der Waals surface area contributed by atoms with Crippen LogP contribution in [0.5, 0.6) is 0 Å². The fraction of sp³-hybridized carbons (Fsp3) is 0.273. The van der Waals surface area contributed by atoms with E-state index in [1.807, 2.05) is 0 Å². The molecule has 0 aliphatic heterocycles. The van der Waals surface area contributed by atoms with Gasteiger partial charge in [0.15, 0.2) is 0 Å². The number of aryl methyl sites for hydroxylation is 1. The Kier molecular flexibility index (Phi) is 3.84. The third kappa shape index (κ3) is 2.99. The number of halogens is 5. The summed E-state index contributed by atoms with van der Waals surface area (Å²) >= 11 is 11.7. The Hall–Kier alpha value is -1.47. The van der Waals surface area contributed by atoms with Gasteiger partial charge in [-0.15, -0.1) is 5.10 Å². The van der Waals surface area contributed by atoms with Crippen molar-refractivity contribution in [2.45, 2.75) is 19.6 Å². The Morgan fingerprint density at radius 1 is 1.25 bits per heavy atom. The molecule has 1 heterocycles. The normalized spacial score (nSPS) is 11.9. The molecule has 1 aromatic heterocycles. The van der Waals surface area contributed by atoms with Crippen LogP contribution >= 0.6 is 23.2 Å². The Morgan fingerprint density at radius 3 is 2.25 bits per heavy atom. The highest BCUT2D eigenvalue weighted by molar-refractivity contribution is 6.38. The first kappa shape index (κ1) is 14.9. The van der Waals surface area contributed by atoms with Crippen molar-refractivity contribution < 1.29 is 13.2 Å². The maximum absolute atomic E-state index is 12.5. The highest BCUT2D eigenvalue weighted by Gasteiger charge is 2.36. The Morgan fingerprint density at radius 2 is 1.80 bits per heavy atom. The minimum Gasteiger partial charge on any atom is -0.396 e. The average molecular weight is 325 g/mol. The highest BCUT2D eigenvalue weighted by atomic mass is 35.5. The Balaban J connectivity index is 2.33. The second-order valence-corrected chi connectivity index (χ2v) is 4.93. The minimum absolute atomic E-state index is 0.0641. The van der Waals surface area contributed by atoms with Crippen LogP contribution in [-0.4, -0.2) is 14.8 Å². The summed E-state index contributed by atoms with van der Waals surface area (Å²) in [7, 11) is 0. The van der Waals surface area contributed by atoms with E-state index in [2.05, 4.69) is 10.1 Å². The van der Waals surface area contributed by atoms with Crippen LogP contribution in [0.2, 0.25) is 10.0 Å². The van der Waals surface area contributed by atoms with Crippen molar-refractivity contribution >= 4 is 28.9 Å². The van der Waals surface area contributed by atoms with E-state index in [4.69, 9.17) is 28.9 Å². The fourth-order valence-corrected chi connectivity index (χ4v) is 2.12. The molecule has 0 saturated heterocycles. The van der Waals surface area contributed by atoms with E-state index >= 15 is 0 Å². The molecule has 1 aromatic carbocycles. The SMILES string of the molecule is Cc1nc(C(F)(F)F)nn1Cc1cc(Cl)c(N)c(Cl)c1. The zero-order valence-electron chi connectivity index (χ0n) is 10.2. The van der Waals surface area contributed by atoms with Gasteiger partial charge in [0.05, 0.1) is 22.3 Å². The molecule has 0 spiro atoms. The number of nitrogens with zero attached hydrogens (tertiary/aromatic N) is 3. The van der Waals surface area contributed by atoms with Gasteiger partial charge in [0.1, 0.15) is 5.82 Å². The van der Waals surface area contributed by atoms with Gasteiger partial charge in [-0.3, -0.25) is 0 Å². The maximum Gasteiger partial charge on any atom is 0.453 e. The number of aromatic nitrogens is 3. The zero-order valence-corrected chi connectivity index (χ0v) is 11.7. The smallest absolute Gasteiger partial charge is 0.396 e. The summed E-state index contributed by atoms with van der Waals surface area (Å²) in [6.45, 7) is 1.50. The van der Waals surface area contributed by atoms with E-state index in [1.54, 1.807) is 0 Å². The summed E-state index contributed by atoms with van der Waals surface area (Å²) in [4.78, 5) is 3.38.